The molecule has 0 unspecified atom stereocenters. The van der Waals surface area contributed by atoms with Gasteiger partial charge in [-0.05, 0) is 40.5 Å². The van der Waals surface area contributed by atoms with Gasteiger partial charge in [0.25, 0.3) is 0 Å². The Kier molecular flexibility index (Phi) is 5.58. The van der Waals surface area contributed by atoms with E-state index in [1.165, 1.54) is 0 Å². The van der Waals surface area contributed by atoms with Crippen LogP contribution in [0.5, 0.6) is 5.75 Å². The van der Waals surface area contributed by atoms with Crippen molar-refractivity contribution in [1.82, 2.24) is 5.16 Å². The second kappa shape index (κ2) is 7.42. The largest absolute Gasteiger partial charge is 0.486 e. The van der Waals surface area contributed by atoms with Crippen LogP contribution in [-0.2, 0) is 24.4 Å². The summed E-state index contributed by atoms with van der Waals surface area (Å²) < 4.78 is 16.8. The smallest absolute Gasteiger partial charge is 0.162 e. The summed E-state index contributed by atoms with van der Waals surface area (Å²) >= 11 is 3.49. The van der Waals surface area contributed by atoms with Crippen molar-refractivity contribution in [2.75, 3.05) is 13.7 Å². The molecule has 108 valence electrons. The molecule has 0 bridgehead atoms. The normalized spacial score (nSPS) is 10.8. The van der Waals surface area contributed by atoms with Gasteiger partial charge in [0.2, 0.25) is 0 Å². The van der Waals surface area contributed by atoms with Gasteiger partial charge in [-0.15, -0.1) is 0 Å². The first kappa shape index (κ1) is 15.0. The molecular weight excluding hydrogens is 324 g/mol. The van der Waals surface area contributed by atoms with E-state index in [0.29, 0.717) is 25.5 Å². The van der Waals surface area contributed by atoms with Gasteiger partial charge in [-0.3, -0.25) is 0 Å². The SMILES string of the molecule is COCc1cc(COc2c(Br)cccc2CCN)no1. The number of nitrogens with two attached hydrogens (primary N) is 1. The quantitative estimate of drug-likeness (QED) is 0.838. The number of halogens is 1. The molecule has 0 saturated carbocycles. The van der Waals surface area contributed by atoms with Crippen LogP contribution in [0.1, 0.15) is 17.0 Å². The van der Waals surface area contributed by atoms with E-state index >= 15 is 0 Å². The number of hydrogen-bond donors (Lipinski definition) is 1. The monoisotopic (exact) mass is 340 g/mol. The van der Waals surface area contributed by atoms with Crippen LogP contribution >= 0.6 is 15.9 Å². The van der Waals surface area contributed by atoms with Crippen LogP contribution < -0.4 is 10.5 Å². The average molecular weight is 341 g/mol. The van der Waals surface area contributed by atoms with Crippen molar-refractivity contribution in [3.63, 3.8) is 0 Å². The molecule has 0 radical (unpaired) electrons. The molecule has 5 nitrogen and oxygen atoms in total. The van der Waals surface area contributed by atoms with E-state index in [2.05, 4.69) is 21.1 Å². The first-order valence-corrected chi connectivity index (χ1v) is 7.07. The van der Waals surface area contributed by atoms with E-state index < -0.39 is 0 Å². The number of aromatic nitrogens is 1. The Morgan fingerprint density at radius 2 is 2.20 bits per heavy atom. The van der Waals surface area contributed by atoms with E-state index in [0.717, 1.165) is 27.9 Å². The third kappa shape index (κ3) is 3.82. The third-order valence-electron chi connectivity index (χ3n) is 2.72. The second-order valence-corrected chi connectivity index (χ2v) is 5.13. The molecule has 1 aromatic carbocycles. The highest BCUT2D eigenvalue weighted by Crippen LogP contribution is 2.30. The number of para-hydroxylation sites is 1. The Bertz CT molecular complexity index is 557. The van der Waals surface area contributed by atoms with Crippen molar-refractivity contribution in [3.8, 4) is 5.75 Å². The molecule has 0 spiro atoms. The van der Waals surface area contributed by atoms with Gasteiger partial charge in [-0.1, -0.05) is 17.3 Å². The lowest BCUT2D eigenvalue weighted by molar-refractivity contribution is 0.155. The molecule has 0 aliphatic heterocycles. The standard InChI is InChI=1S/C14H17BrN2O3/c1-18-9-12-7-11(17-20-12)8-19-14-10(5-6-16)3-2-4-13(14)15/h2-4,7H,5-6,8-9,16H2,1H3. The van der Waals surface area contributed by atoms with Gasteiger partial charge in [0, 0.05) is 13.2 Å². The maximum Gasteiger partial charge on any atom is 0.162 e. The predicted octanol–water partition coefficient (Wildman–Crippen LogP) is 2.66. The molecule has 2 rings (SSSR count). The Morgan fingerprint density at radius 1 is 1.35 bits per heavy atom. The fraction of sp³-hybridized carbons (Fsp3) is 0.357. The van der Waals surface area contributed by atoms with Crippen LogP contribution in [0, 0.1) is 0 Å². The van der Waals surface area contributed by atoms with Crippen LogP contribution in [0.25, 0.3) is 0 Å². The molecule has 0 fully saturated rings. The van der Waals surface area contributed by atoms with Gasteiger partial charge in [0.1, 0.15) is 24.7 Å². The summed E-state index contributed by atoms with van der Waals surface area (Å²) in [4.78, 5) is 0. The zero-order valence-corrected chi connectivity index (χ0v) is 12.9. The fourth-order valence-corrected chi connectivity index (χ4v) is 2.37. The molecule has 0 amide bonds. The summed E-state index contributed by atoms with van der Waals surface area (Å²) in [5, 5.41) is 3.94. The summed E-state index contributed by atoms with van der Waals surface area (Å²) in [5.41, 5.74) is 7.41. The summed E-state index contributed by atoms with van der Waals surface area (Å²) in [6.45, 7) is 1.32. The molecule has 1 aromatic heterocycles. The number of nitrogens with zero attached hydrogens (tertiary/aromatic N) is 1. The van der Waals surface area contributed by atoms with Crippen molar-refractivity contribution >= 4 is 15.9 Å². The Balaban J connectivity index is 2.05. The summed E-state index contributed by atoms with van der Waals surface area (Å²) in [6.07, 6.45) is 0.766. The lowest BCUT2D eigenvalue weighted by Crippen LogP contribution is -2.06. The molecule has 0 atom stereocenters. The zero-order valence-electron chi connectivity index (χ0n) is 11.3. The average Bonchev–Trinajstić information content (AvgIpc) is 2.87. The van der Waals surface area contributed by atoms with Gasteiger partial charge < -0.3 is 19.7 Å². The van der Waals surface area contributed by atoms with Gasteiger partial charge in [0.15, 0.2) is 5.76 Å². The third-order valence-corrected chi connectivity index (χ3v) is 3.35. The fourth-order valence-electron chi connectivity index (χ4n) is 1.85. The van der Waals surface area contributed by atoms with Crippen LogP contribution in [0.4, 0.5) is 0 Å². The Hall–Kier alpha value is -1.37. The van der Waals surface area contributed by atoms with Crippen molar-refractivity contribution in [2.24, 2.45) is 5.73 Å². The molecular formula is C14H17BrN2O3. The van der Waals surface area contributed by atoms with Crippen LogP contribution in [0.15, 0.2) is 33.3 Å². The minimum absolute atomic E-state index is 0.341. The van der Waals surface area contributed by atoms with Crippen molar-refractivity contribution in [2.45, 2.75) is 19.6 Å². The van der Waals surface area contributed by atoms with E-state index in [9.17, 15) is 0 Å². The molecule has 0 saturated heterocycles. The van der Waals surface area contributed by atoms with Gasteiger partial charge in [-0.25, -0.2) is 0 Å². The van der Waals surface area contributed by atoms with Crippen molar-refractivity contribution < 1.29 is 14.0 Å². The summed E-state index contributed by atoms with van der Waals surface area (Å²) in [6, 6.07) is 7.73. The maximum atomic E-state index is 5.83. The lowest BCUT2D eigenvalue weighted by atomic mass is 10.1. The highest BCUT2D eigenvalue weighted by atomic mass is 79.9. The van der Waals surface area contributed by atoms with E-state index in [1.807, 2.05) is 24.3 Å². The zero-order chi connectivity index (χ0) is 14.4. The molecule has 6 heteroatoms. The first-order valence-electron chi connectivity index (χ1n) is 6.28. The summed E-state index contributed by atoms with van der Waals surface area (Å²) in [7, 11) is 1.61. The highest BCUT2D eigenvalue weighted by molar-refractivity contribution is 9.10. The van der Waals surface area contributed by atoms with Crippen LogP contribution in [-0.4, -0.2) is 18.8 Å². The minimum Gasteiger partial charge on any atom is -0.486 e. The molecule has 0 aliphatic carbocycles. The molecule has 0 aliphatic rings. The van der Waals surface area contributed by atoms with Crippen LogP contribution in [0.3, 0.4) is 0 Å². The first-order chi connectivity index (χ1) is 9.74. The van der Waals surface area contributed by atoms with Gasteiger partial charge >= 0.3 is 0 Å². The highest BCUT2D eigenvalue weighted by Gasteiger charge is 2.10. The topological polar surface area (TPSA) is 70.5 Å². The van der Waals surface area contributed by atoms with Gasteiger partial charge in [0.05, 0.1) is 4.47 Å². The number of rotatable bonds is 7. The molecule has 1 heterocycles. The minimum atomic E-state index is 0.341. The molecule has 20 heavy (non-hydrogen) atoms. The number of hydrogen-bond acceptors (Lipinski definition) is 5. The van der Waals surface area contributed by atoms with Gasteiger partial charge in [-0.2, -0.15) is 0 Å². The Labute approximate surface area is 126 Å². The predicted molar refractivity (Wildman–Crippen MR) is 78.4 cm³/mol. The summed E-state index contributed by atoms with van der Waals surface area (Å²) in [5.74, 6) is 1.48. The van der Waals surface area contributed by atoms with Crippen molar-refractivity contribution in [3.05, 3.63) is 45.8 Å². The molecule has 2 N–H and O–H groups in total. The lowest BCUT2D eigenvalue weighted by Gasteiger charge is -2.11. The van der Waals surface area contributed by atoms with E-state index in [1.54, 1.807) is 7.11 Å². The second-order valence-electron chi connectivity index (χ2n) is 4.27. The number of ether oxygens (including phenoxy) is 2. The van der Waals surface area contributed by atoms with E-state index in [4.69, 9.17) is 19.7 Å². The van der Waals surface area contributed by atoms with Crippen LogP contribution in [0.2, 0.25) is 0 Å². The van der Waals surface area contributed by atoms with Crippen molar-refractivity contribution in [1.29, 1.82) is 0 Å². The van der Waals surface area contributed by atoms with E-state index in [-0.39, 0.29) is 0 Å². The maximum absolute atomic E-state index is 5.83. The number of methoxy groups -OCH3 is 1. The number of benzene rings is 1. The molecule has 2 aromatic rings. The Morgan fingerprint density at radius 3 is 2.95 bits per heavy atom.